The highest BCUT2D eigenvalue weighted by Gasteiger charge is 2.25. The molecule has 3 aromatic rings. The van der Waals surface area contributed by atoms with Crippen LogP contribution in [0.15, 0.2) is 60.7 Å². The van der Waals surface area contributed by atoms with Crippen LogP contribution in [0.3, 0.4) is 0 Å². The van der Waals surface area contributed by atoms with Gasteiger partial charge in [0.25, 0.3) is 5.91 Å². The molecule has 31 heavy (non-hydrogen) atoms. The summed E-state index contributed by atoms with van der Waals surface area (Å²) in [6, 6.07) is 17.6. The van der Waals surface area contributed by atoms with Gasteiger partial charge >= 0.3 is 0 Å². The fraction of sp³-hybridized carbons (Fsp3) is 0.200. The zero-order valence-electron chi connectivity index (χ0n) is 17.5. The Morgan fingerprint density at radius 3 is 2.19 bits per heavy atom. The summed E-state index contributed by atoms with van der Waals surface area (Å²) in [7, 11) is 0. The van der Waals surface area contributed by atoms with Gasteiger partial charge in [-0.25, -0.2) is 0 Å². The summed E-state index contributed by atoms with van der Waals surface area (Å²) in [5, 5.41) is 3.13. The van der Waals surface area contributed by atoms with Gasteiger partial charge in [0, 0.05) is 23.1 Å². The third kappa shape index (κ3) is 4.53. The molecule has 1 heterocycles. The fourth-order valence-electron chi connectivity index (χ4n) is 3.77. The average Bonchev–Trinajstić information content (AvgIpc) is 2.75. The van der Waals surface area contributed by atoms with Gasteiger partial charge in [0.15, 0.2) is 0 Å². The first-order valence-corrected chi connectivity index (χ1v) is 10.1. The Kier molecular flexibility index (Phi) is 5.62. The zero-order chi connectivity index (χ0) is 22.0. The maximum atomic E-state index is 12.8. The number of fused-ring (bicyclic) bond motifs is 1. The number of rotatable bonds is 5. The lowest BCUT2D eigenvalue weighted by molar-refractivity contribution is 0.0923. The van der Waals surface area contributed by atoms with Crippen LogP contribution in [-0.4, -0.2) is 18.4 Å². The predicted octanol–water partition coefficient (Wildman–Crippen LogP) is 4.45. The van der Waals surface area contributed by atoms with Crippen LogP contribution in [0.4, 0.5) is 0 Å². The van der Waals surface area contributed by atoms with Crippen molar-refractivity contribution in [2.24, 2.45) is 5.73 Å². The van der Waals surface area contributed by atoms with Crippen LogP contribution in [0.1, 0.15) is 49.9 Å². The van der Waals surface area contributed by atoms with E-state index in [1.165, 1.54) is 0 Å². The third-order valence-electron chi connectivity index (χ3n) is 5.27. The monoisotopic (exact) mass is 416 g/mol. The van der Waals surface area contributed by atoms with Crippen molar-refractivity contribution in [1.29, 1.82) is 0 Å². The number of benzene rings is 3. The van der Waals surface area contributed by atoms with Gasteiger partial charge in [-0.05, 0) is 67.9 Å². The Morgan fingerprint density at radius 1 is 0.968 bits per heavy atom. The highest BCUT2D eigenvalue weighted by Crippen LogP contribution is 2.36. The third-order valence-corrected chi connectivity index (χ3v) is 5.27. The fourth-order valence-corrected chi connectivity index (χ4v) is 3.77. The Balaban J connectivity index is 1.44. The van der Waals surface area contributed by atoms with Crippen molar-refractivity contribution in [3.63, 3.8) is 0 Å². The van der Waals surface area contributed by atoms with Crippen LogP contribution in [0.5, 0.6) is 17.2 Å². The minimum atomic E-state index is -0.487. The molecular formula is C25H24N2O4. The minimum Gasteiger partial charge on any atom is -0.493 e. The van der Waals surface area contributed by atoms with Crippen molar-refractivity contribution in [3.05, 3.63) is 88.5 Å². The largest absolute Gasteiger partial charge is 0.493 e. The van der Waals surface area contributed by atoms with Gasteiger partial charge in [0.2, 0.25) is 5.91 Å². The van der Waals surface area contributed by atoms with E-state index in [-0.39, 0.29) is 11.9 Å². The molecule has 0 bridgehead atoms. The molecule has 0 aliphatic carbocycles. The lowest BCUT2D eigenvalue weighted by Gasteiger charge is -2.28. The van der Waals surface area contributed by atoms with E-state index in [1.54, 1.807) is 48.5 Å². The number of ether oxygens (including phenoxy) is 2. The number of hydrogen-bond acceptors (Lipinski definition) is 4. The predicted molar refractivity (Wildman–Crippen MR) is 118 cm³/mol. The molecule has 158 valence electrons. The minimum absolute atomic E-state index is 0.0884. The molecule has 0 fully saturated rings. The Bertz CT molecular complexity index is 1120. The van der Waals surface area contributed by atoms with E-state index in [0.29, 0.717) is 29.2 Å². The van der Waals surface area contributed by atoms with E-state index in [4.69, 9.17) is 15.2 Å². The first-order chi connectivity index (χ1) is 14.9. The number of amides is 2. The van der Waals surface area contributed by atoms with E-state index in [1.807, 2.05) is 13.8 Å². The van der Waals surface area contributed by atoms with Crippen LogP contribution in [0.2, 0.25) is 0 Å². The lowest BCUT2D eigenvalue weighted by atomic mass is 9.95. The van der Waals surface area contributed by atoms with Crippen molar-refractivity contribution in [2.45, 2.75) is 26.3 Å². The van der Waals surface area contributed by atoms with Gasteiger partial charge < -0.3 is 20.5 Å². The zero-order valence-corrected chi connectivity index (χ0v) is 17.5. The lowest BCUT2D eigenvalue weighted by Crippen LogP contribution is -2.32. The highest BCUT2D eigenvalue weighted by molar-refractivity contribution is 5.94. The second kappa shape index (κ2) is 8.52. The molecule has 0 spiro atoms. The number of hydrogen-bond donors (Lipinski definition) is 2. The molecule has 1 unspecified atom stereocenters. The summed E-state index contributed by atoms with van der Waals surface area (Å²) < 4.78 is 11.6. The van der Waals surface area contributed by atoms with Crippen LogP contribution < -0.4 is 20.5 Å². The van der Waals surface area contributed by atoms with Gasteiger partial charge in [-0.2, -0.15) is 0 Å². The van der Waals surface area contributed by atoms with Crippen molar-refractivity contribution in [1.82, 2.24) is 5.32 Å². The van der Waals surface area contributed by atoms with Gasteiger partial charge in [0.1, 0.15) is 17.2 Å². The Hall–Kier alpha value is -3.80. The SMILES string of the molecule is Cc1cc(C)c2c(c1)C(NC(=O)c1ccc(Oc3ccc(C(N)=O)cc3)cc1)CCO2. The summed E-state index contributed by atoms with van der Waals surface area (Å²) >= 11 is 0. The van der Waals surface area contributed by atoms with E-state index in [0.717, 1.165) is 28.9 Å². The smallest absolute Gasteiger partial charge is 0.251 e. The van der Waals surface area contributed by atoms with E-state index in [2.05, 4.69) is 17.4 Å². The van der Waals surface area contributed by atoms with E-state index in [9.17, 15) is 9.59 Å². The number of nitrogens with two attached hydrogens (primary N) is 1. The Labute approximate surface area is 181 Å². The second-order valence-corrected chi connectivity index (χ2v) is 7.68. The van der Waals surface area contributed by atoms with Crippen LogP contribution >= 0.6 is 0 Å². The van der Waals surface area contributed by atoms with Gasteiger partial charge in [0.05, 0.1) is 12.6 Å². The van der Waals surface area contributed by atoms with Crippen LogP contribution in [0, 0.1) is 13.8 Å². The number of nitrogens with one attached hydrogen (secondary N) is 1. The van der Waals surface area contributed by atoms with Gasteiger partial charge in [-0.15, -0.1) is 0 Å². The second-order valence-electron chi connectivity index (χ2n) is 7.68. The van der Waals surface area contributed by atoms with E-state index < -0.39 is 5.91 Å². The first kappa shape index (κ1) is 20.5. The standard InChI is InChI=1S/C25H24N2O4/c1-15-13-16(2)23-21(14-15)22(11-12-30-23)27-25(29)18-5-9-20(10-6-18)31-19-7-3-17(4-8-19)24(26)28/h3-10,13-14,22H,11-12H2,1-2H3,(H2,26,28)(H,27,29). The van der Waals surface area contributed by atoms with Crippen LogP contribution in [0.25, 0.3) is 0 Å². The summed E-state index contributed by atoms with van der Waals surface area (Å²) in [6.45, 7) is 4.64. The van der Waals surface area contributed by atoms with Crippen molar-refractivity contribution >= 4 is 11.8 Å². The van der Waals surface area contributed by atoms with Crippen LogP contribution in [-0.2, 0) is 0 Å². The van der Waals surface area contributed by atoms with E-state index >= 15 is 0 Å². The summed E-state index contributed by atoms with van der Waals surface area (Å²) in [5.41, 5.74) is 9.46. The molecule has 3 aromatic carbocycles. The quantitative estimate of drug-likeness (QED) is 0.643. The van der Waals surface area contributed by atoms with Crippen molar-refractivity contribution < 1.29 is 19.1 Å². The number of carbonyl (C=O) groups excluding carboxylic acids is 2. The molecule has 6 heteroatoms. The highest BCUT2D eigenvalue weighted by atomic mass is 16.5. The number of primary amides is 1. The molecule has 4 rings (SSSR count). The number of carbonyl (C=O) groups is 2. The van der Waals surface area contributed by atoms with Crippen molar-refractivity contribution in [2.75, 3.05) is 6.61 Å². The molecule has 6 nitrogen and oxygen atoms in total. The topological polar surface area (TPSA) is 90.6 Å². The number of aryl methyl sites for hydroxylation is 2. The molecule has 0 saturated heterocycles. The molecule has 0 aromatic heterocycles. The summed E-state index contributed by atoms with van der Waals surface area (Å²) in [5.74, 6) is 1.40. The van der Waals surface area contributed by atoms with Gasteiger partial charge in [-0.3, -0.25) is 9.59 Å². The molecular weight excluding hydrogens is 392 g/mol. The molecule has 1 atom stereocenters. The molecule has 1 aliphatic rings. The van der Waals surface area contributed by atoms with Crippen molar-refractivity contribution in [3.8, 4) is 17.2 Å². The Morgan fingerprint density at radius 2 is 1.58 bits per heavy atom. The normalized spacial score (nSPS) is 14.8. The molecule has 3 N–H and O–H groups in total. The molecule has 0 radical (unpaired) electrons. The summed E-state index contributed by atoms with van der Waals surface area (Å²) in [4.78, 5) is 24.0. The molecule has 1 aliphatic heterocycles. The molecule has 0 saturated carbocycles. The molecule has 2 amide bonds. The maximum Gasteiger partial charge on any atom is 0.251 e. The average molecular weight is 416 g/mol. The maximum absolute atomic E-state index is 12.8. The van der Waals surface area contributed by atoms with Gasteiger partial charge in [-0.1, -0.05) is 17.7 Å². The first-order valence-electron chi connectivity index (χ1n) is 10.1. The summed E-state index contributed by atoms with van der Waals surface area (Å²) in [6.07, 6.45) is 0.726.